The molecular weight excluding hydrogens is 625 g/mol. The van der Waals surface area contributed by atoms with E-state index < -0.39 is 30.2 Å². The summed E-state index contributed by atoms with van der Waals surface area (Å²) < 4.78 is 84.3. The zero-order valence-electron chi connectivity index (χ0n) is 24.4. The largest absolute Gasteiger partial charge is 0.435 e. The maximum atomic E-state index is 13.7. The summed E-state index contributed by atoms with van der Waals surface area (Å²) in [5.74, 6) is 0. The highest BCUT2D eigenvalue weighted by atomic mass is 35.5. The van der Waals surface area contributed by atoms with Crippen LogP contribution in [-0.2, 0) is 25.4 Å². The SMILES string of the molecule is C=CCc1c[c]c(C)c(-n2nc(CC(F)(F)F)c(Cl)c2-c2cc(CCCCCC)ccc2C)c1-n1nc(C(F)(F)F)cc1Cl. The lowest BCUT2D eigenvalue weighted by atomic mass is 9.97. The number of allylic oxidation sites excluding steroid dienone is 1. The molecule has 1 radical (unpaired) electrons. The van der Waals surface area contributed by atoms with Crippen molar-refractivity contribution in [2.75, 3.05) is 0 Å². The number of halogens is 8. The van der Waals surface area contributed by atoms with Gasteiger partial charge in [-0.05, 0) is 73.6 Å². The number of aromatic nitrogens is 4. The lowest BCUT2D eigenvalue weighted by Gasteiger charge is -2.20. The van der Waals surface area contributed by atoms with Gasteiger partial charge in [0.05, 0.1) is 34.2 Å². The highest BCUT2D eigenvalue weighted by Crippen LogP contribution is 2.41. The maximum absolute atomic E-state index is 13.7. The predicted octanol–water partition coefficient (Wildman–Crippen LogP) is 10.4. The third-order valence-electron chi connectivity index (χ3n) is 7.23. The van der Waals surface area contributed by atoms with Crippen LogP contribution in [0.4, 0.5) is 26.3 Å². The van der Waals surface area contributed by atoms with Gasteiger partial charge in [-0.3, -0.25) is 0 Å². The van der Waals surface area contributed by atoms with Crippen LogP contribution >= 0.6 is 23.2 Å². The standard InChI is InChI=1S/C32H31Cl2F6N4/c1-5-7-8-9-11-21-14-12-19(3)23(16-21)30-27(34)24(18-31(35,36)37)41-44(30)28-20(4)13-15-22(10-6-2)29(28)43-26(33)17-25(42-43)32(38,39)40/h6,12,14-17H,2,5,7-11,18H2,1,3-4H3. The van der Waals surface area contributed by atoms with Crippen LogP contribution in [0.5, 0.6) is 0 Å². The average Bonchev–Trinajstić information content (AvgIpc) is 3.47. The summed E-state index contributed by atoms with van der Waals surface area (Å²) in [6.07, 6.45) is -4.24. The average molecular weight is 657 g/mol. The number of unbranched alkanes of at least 4 members (excludes halogenated alkanes) is 3. The molecule has 0 saturated heterocycles. The number of rotatable bonds is 11. The molecule has 0 unspecified atom stereocenters. The van der Waals surface area contributed by atoms with Crippen LogP contribution < -0.4 is 0 Å². The second-order valence-corrected chi connectivity index (χ2v) is 11.4. The molecule has 0 spiro atoms. The van der Waals surface area contributed by atoms with Crippen molar-refractivity contribution in [3.63, 3.8) is 0 Å². The van der Waals surface area contributed by atoms with Gasteiger partial charge in [-0.2, -0.15) is 36.5 Å². The van der Waals surface area contributed by atoms with Crippen molar-refractivity contribution in [3.05, 3.63) is 92.9 Å². The monoisotopic (exact) mass is 655 g/mol. The van der Waals surface area contributed by atoms with E-state index in [1.165, 1.54) is 10.8 Å². The van der Waals surface area contributed by atoms with E-state index >= 15 is 0 Å². The van der Waals surface area contributed by atoms with Gasteiger partial charge in [0.15, 0.2) is 5.69 Å². The summed E-state index contributed by atoms with van der Waals surface area (Å²) in [4.78, 5) is 0. The molecule has 2 heterocycles. The smallest absolute Gasteiger partial charge is 0.229 e. The first kappa shape index (κ1) is 33.6. The highest BCUT2D eigenvalue weighted by Gasteiger charge is 2.37. The number of nitrogens with zero attached hydrogens (tertiary/aromatic N) is 4. The van der Waals surface area contributed by atoms with Gasteiger partial charge in [-0.1, -0.05) is 67.6 Å². The van der Waals surface area contributed by atoms with Crippen molar-refractivity contribution in [2.45, 2.75) is 78.1 Å². The molecule has 0 aliphatic heterocycles. The first-order chi connectivity index (χ1) is 20.7. The van der Waals surface area contributed by atoms with Gasteiger partial charge in [0.1, 0.15) is 5.15 Å². The van der Waals surface area contributed by atoms with Crippen molar-refractivity contribution >= 4 is 23.2 Å². The number of aryl methyl sites for hydroxylation is 3. The van der Waals surface area contributed by atoms with Gasteiger partial charge in [-0.25, -0.2) is 9.36 Å². The Bertz CT molecular complexity index is 1650. The summed E-state index contributed by atoms with van der Waals surface area (Å²) >= 11 is 13.1. The molecule has 0 aliphatic carbocycles. The predicted molar refractivity (Wildman–Crippen MR) is 161 cm³/mol. The van der Waals surface area contributed by atoms with Crippen molar-refractivity contribution in [1.82, 2.24) is 19.6 Å². The Morgan fingerprint density at radius 2 is 1.68 bits per heavy atom. The molecule has 0 aliphatic rings. The fourth-order valence-corrected chi connectivity index (χ4v) is 5.61. The Hall–Kier alpha value is -3.24. The molecular formula is C32H31Cl2F6N4. The van der Waals surface area contributed by atoms with Gasteiger partial charge >= 0.3 is 12.4 Å². The highest BCUT2D eigenvalue weighted by molar-refractivity contribution is 6.34. The Kier molecular flexibility index (Phi) is 10.2. The minimum atomic E-state index is -4.79. The van der Waals surface area contributed by atoms with Crippen LogP contribution in [0.1, 0.15) is 66.2 Å². The van der Waals surface area contributed by atoms with Crippen LogP contribution in [0.2, 0.25) is 10.2 Å². The van der Waals surface area contributed by atoms with Crippen LogP contribution in [0.25, 0.3) is 22.6 Å². The van der Waals surface area contributed by atoms with E-state index in [0.29, 0.717) is 22.8 Å². The second kappa shape index (κ2) is 13.4. The van der Waals surface area contributed by atoms with Crippen molar-refractivity contribution in [2.24, 2.45) is 0 Å². The van der Waals surface area contributed by atoms with Crippen molar-refractivity contribution < 1.29 is 26.3 Å². The van der Waals surface area contributed by atoms with E-state index in [1.807, 2.05) is 18.2 Å². The molecule has 0 fully saturated rings. The van der Waals surface area contributed by atoms with Gasteiger partial charge in [-0.15, -0.1) is 6.58 Å². The molecule has 0 bridgehead atoms. The Balaban J connectivity index is 2.05. The topological polar surface area (TPSA) is 35.6 Å². The summed E-state index contributed by atoms with van der Waals surface area (Å²) in [6.45, 7) is 9.28. The Morgan fingerprint density at radius 1 is 0.955 bits per heavy atom. The number of hydrogen-bond acceptors (Lipinski definition) is 2. The molecule has 0 saturated carbocycles. The van der Waals surface area contributed by atoms with Crippen LogP contribution in [-0.4, -0.2) is 25.7 Å². The van der Waals surface area contributed by atoms with Gasteiger partial charge in [0.2, 0.25) is 0 Å². The summed E-state index contributed by atoms with van der Waals surface area (Å²) in [6, 6.07) is 11.0. The number of hydrogen-bond donors (Lipinski definition) is 0. The first-order valence-corrected chi connectivity index (χ1v) is 14.8. The molecule has 12 heteroatoms. The van der Waals surface area contributed by atoms with Gasteiger partial charge in [0, 0.05) is 11.6 Å². The molecule has 44 heavy (non-hydrogen) atoms. The van der Waals surface area contributed by atoms with E-state index in [2.05, 4.69) is 29.8 Å². The number of alkyl halides is 6. The normalized spacial score (nSPS) is 12.2. The van der Waals surface area contributed by atoms with Crippen LogP contribution in [0, 0.1) is 19.9 Å². The lowest BCUT2D eigenvalue weighted by Crippen LogP contribution is -2.15. The van der Waals surface area contributed by atoms with Crippen molar-refractivity contribution in [1.29, 1.82) is 0 Å². The van der Waals surface area contributed by atoms with E-state index in [4.69, 9.17) is 23.2 Å². The molecule has 235 valence electrons. The summed E-state index contributed by atoms with van der Waals surface area (Å²) in [7, 11) is 0. The quantitative estimate of drug-likeness (QED) is 0.0915. The number of benzene rings is 2. The molecule has 2 aromatic heterocycles. The minimum absolute atomic E-state index is 0.0917. The van der Waals surface area contributed by atoms with Gasteiger partial charge in [0.25, 0.3) is 0 Å². The Morgan fingerprint density at radius 3 is 2.30 bits per heavy atom. The third-order valence-corrected chi connectivity index (χ3v) is 7.89. The summed E-state index contributed by atoms with van der Waals surface area (Å²) in [5, 5.41) is 7.53. The molecule has 0 atom stereocenters. The van der Waals surface area contributed by atoms with Crippen LogP contribution in [0.3, 0.4) is 0 Å². The first-order valence-electron chi connectivity index (χ1n) is 14.1. The minimum Gasteiger partial charge on any atom is -0.229 e. The lowest BCUT2D eigenvalue weighted by molar-refractivity contribution is -0.141. The van der Waals surface area contributed by atoms with Crippen LogP contribution in [0.15, 0.2) is 43.0 Å². The van der Waals surface area contributed by atoms with E-state index in [9.17, 15) is 26.3 Å². The maximum Gasteiger partial charge on any atom is 0.435 e. The zero-order valence-corrected chi connectivity index (χ0v) is 25.9. The van der Waals surface area contributed by atoms with Gasteiger partial charge < -0.3 is 0 Å². The van der Waals surface area contributed by atoms with E-state index in [-0.39, 0.29) is 33.7 Å². The molecule has 0 amide bonds. The fraction of sp³-hybridized carbons (Fsp3) is 0.375. The summed E-state index contributed by atoms with van der Waals surface area (Å²) in [5.41, 5.74) is 1.79. The van der Waals surface area contributed by atoms with Crippen molar-refractivity contribution in [3.8, 4) is 22.6 Å². The molecule has 4 aromatic rings. The molecule has 4 nitrogen and oxygen atoms in total. The molecule has 4 rings (SSSR count). The van der Waals surface area contributed by atoms with E-state index in [1.54, 1.807) is 19.9 Å². The Labute approximate surface area is 262 Å². The third kappa shape index (κ3) is 7.34. The zero-order chi connectivity index (χ0) is 32.4. The fourth-order valence-electron chi connectivity index (χ4n) is 5.10. The van der Waals surface area contributed by atoms with E-state index in [0.717, 1.165) is 47.9 Å². The second-order valence-electron chi connectivity index (χ2n) is 10.7. The molecule has 0 N–H and O–H groups in total. The molecule has 2 aromatic carbocycles.